The fraction of sp³-hybridized carbons (Fsp3) is 0.357. The van der Waals surface area contributed by atoms with E-state index < -0.39 is 17.9 Å². The van der Waals surface area contributed by atoms with Crippen LogP contribution in [-0.4, -0.2) is 35.2 Å². The minimum absolute atomic E-state index is 0.105. The Morgan fingerprint density at radius 2 is 2.15 bits per heavy atom. The lowest BCUT2D eigenvalue weighted by atomic mass is 10.0. The number of piperazine rings is 1. The highest BCUT2D eigenvalue weighted by molar-refractivity contribution is 6.07. The van der Waals surface area contributed by atoms with Gasteiger partial charge in [0.15, 0.2) is 0 Å². The van der Waals surface area contributed by atoms with Gasteiger partial charge in [-0.3, -0.25) is 19.7 Å². The zero-order valence-corrected chi connectivity index (χ0v) is 11.5. The highest BCUT2D eigenvalue weighted by Crippen LogP contribution is 2.18. The number of anilines is 1. The number of rotatable bonds is 2. The fourth-order valence-corrected chi connectivity index (χ4v) is 2.26. The van der Waals surface area contributed by atoms with Gasteiger partial charge < -0.3 is 10.6 Å². The predicted octanol–water partition coefficient (Wildman–Crippen LogP) is 0.454. The maximum absolute atomic E-state index is 12.5. The number of benzene rings is 1. The number of nitrogen functional groups attached to an aromatic ring is 1. The molecule has 3 N–H and O–H groups in total. The Morgan fingerprint density at radius 3 is 2.75 bits per heavy atom. The quantitative estimate of drug-likeness (QED) is 0.605. The Kier molecular flexibility index (Phi) is 3.74. The van der Waals surface area contributed by atoms with Crippen molar-refractivity contribution >= 4 is 23.4 Å². The molecule has 2 rings (SSSR count). The van der Waals surface area contributed by atoms with Crippen LogP contribution in [0.1, 0.15) is 29.3 Å². The zero-order valence-electron chi connectivity index (χ0n) is 11.5. The van der Waals surface area contributed by atoms with Crippen LogP contribution in [0.3, 0.4) is 0 Å². The number of nitrogens with zero attached hydrogens (tertiary/aromatic N) is 1. The van der Waals surface area contributed by atoms with Gasteiger partial charge in [0.05, 0.1) is 0 Å². The number of hydrogen-bond donors (Lipinski definition) is 2. The first-order chi connectivity index (χ1) is 9.43. The molecule has 3 amide bonds. The van der Waals surface area contributed by atoms with Gasteiger partial charge in [-0.15, -0.1) is 0 Å². The summed E-state index contributed by atoms with van der Waals surface area (Å²) < 4.78 is 0. The molecule has 0 saturated carbocycles. The van der Waals surface area contributed by atoms with E-state index in [-0.39, 0.29) is 12.5 Å². The maximum Gasteiger partial charge on any atom is 0.255 e. The van der Waals surface area contributed by atoms with E-state index >= 15 is 0 Å². The molecule has 1 fully saturated rings. The second-order valence-corrected chi connectivity index (χ2v) is 4.84. The van der Waals surface area contributed by atoms with E-state index in [1.54, 1.807) is 32.0 Å². The average Bonchev–Trinajstić information content (AvgIpc) is 2.40. The van der Waals surface area contributed by atoms with Crippen LogP contribution in [0.15, 0.2) is 18.2 Å². The number of nitrogens with two attached hydrogens (primary N) is 1. The van der Waals surface area contributed by atoms with Gasteiger partial charge in [0, 0.05) is 11.3 Å². The zero-order chi connectivity index (χ0) is 14.9. The Morgan fingerprint density at radius 1 is 1.45 bits per heavy atom. The summed E-state index contributed by atoms with van der Waals surface area (Å²) in [5, 5.41) is 2.25. The molecule has 20 heavy (non-hydrogen) atoms. The van der Waals surface area contributed by atoms with Crippen molar-refractivity contribution in [2.45, 2.75) is 26.3 Å². The summed E-state index contributed by atoms with van der Waals surface area (Å²) in [6.45, 7) is 3.50. The summed E-state index contributed by atoms with van der Waals surface area (Å²) in [6.07, 6.45) is 0.457. The molecular formula is C14H17N3O3. The standard InChI is InChI=1S/C14H17N3O3/c1-3-11-13(19)16-12(18)7-17(11)14(20)9-4-5-10(15)8(2)6-9/h4-6,11H,3,7,15H2,1-2H3,(H,16,18,19). The summed E-state index contributed by atoms with van der Waals surface area (Å²) in [5.41, 5.74) is 7.54. The van der Waals surface area contributed by atoms with Crippen molar-refractivity contribution in [2.75, 3.05) is 12.3 Å². The summed E-state index contributed by atoms with van der Waals surface area (Å²) in [4.78, 5) is 37.0. The van der Waals surface area contributed by atoms with Gasteiger partial charge in [0.25, 0.3) is 5.91 Å². The van der Waals surface area contributed by atoms with Gasteiger partial charge in [0.1, 0.15) is 12.6 Å². The average molecular weight is 275 g/mol. The molecule has 6 nitrogen and oxygen atoms in total. The van der Waals surface area contributed by atoms with Gasteiger partial charge in [0.2, 0.25) is 11.8 Å². The summed E-state index contributed by atoms with van der Waals surface area (Å²) in [7, 11) is 0. The molecule has 1 aliphatic rings. The van der Waals surface area contributed by atoms with E-state index in [0.29, 0.717) is 17.7 Å². The van der Waals surface area contributed by atoms with Gasteiger partial charge >= 0.3 is 0 Å². The van der Waals surface area contributed by atoms with E-state index in [1.165, 1.54) is 4.90 Å². The highest BCUT2D eigenvalue weighted by Gasteiger charge is 2.35. The SMILES string of the molecule is CCC1C(=O)NC(=O)CN1C(=O)c1ccc(N)c(C)c1. The van der Waals surface area contributed by atoms with Crippen molar-refractivity contribution in [3.8, 4) is 0 Å². The van der Waals surface area contributed by atoms with Crippen molar-refractivity contribution in [2.24, 2.45) is 0 Å². The lowest BCUT2D eigenvalue weighted by molar-refractivity contribution is -0.138. The number of amides is 3. The Bertz CT molecular complexity index is 583. The molecular weight excluding hydrogens is 258 g/mol. The first-order valence-electron chi connectivity index (χ1n) is 6.44. The molecule has 1 heterocycles. The third-order valence-corrected chi connectivity index (χ3v) is 3.42. The normalized spacial score (nSPS) is 18.9. The predicted molar refractivity (Wildman–Crippen MR) is 73.9 cm³/mol. The number of hydrogen-bond acceptors (Lipinski definition) is 4. The molecule has 1 aromatic rings. The smallest absolute Gasteiger partial charge is 0.255 e. The van der Waals surface area contributed by atoms with Crippen LogP contribution in [0.5, 0.6) is 0 Å². The van der Waals surface area contributed by atoms with Crippen molar-refractivity contribution in [3.63, 3.8) is 0 Å². The first-order valence-corrected chi connectivity index (χ1v) is 6.44. The second kappa shape index (κ2) is 5.32. The maximum atomic E-state index is 12.5. The number of nitrogens with one attached hydrogen (secondary N) is 1. The fourth-order valence-electron chi connectivity index (χ4n) is 2.26. The lowest BCUT2D eigenvalue weighted by Gasteiger charge is -2.33. The molecule has 1 atom stereocenters. The number of carbonyl (C=O) groups is 3. The van der Waals surface area contributed by atoms with Gasteiger partial charge in [-0.2, -0.15) is 0 Å². The topological polar surface area (TPSA) is 92.5 Å². The molecule has 1 aliphatic heterocycles. The molecule has 0 radical (unpaired) electrons. The number of imide groups is 1. The van der Waals surface area contributed by atoms with Crippen LogP contribution in [0, 0.1) is 6.92 Å². The van der Waals surface area contributed by atoms with Crippen LogP contribution in [0.4, 0.5) is 5.69 Å². The van der Waals surface area contributed by atoms with Crippen molar-refractivity contribution in [3.05, 3.63) is 29.3 Å². The van der Waals surface area contributed by atoms with Crippen LogP contribution in [-0.2, 0) is 9.59 Å². The van der Waals surface area contributed by atoms with Crippen LogP contribution < -0.4 is 11.1 Å². The highest BCUT2D eigenvalue weighted by atomic mass is 16.2. The first kappa shape index (κ1) is 14.0. The van der Waals surface area contributed by atoms with E-state index in [1.807, 2.05) is 0 Å². The Balaban J connectivity index is 2.32. The van der Waals surface area contributed by atoms with Crippen molar-refractivity contribution < 1.29 is 14.4 Å². The summed E-state index contributed by atoms with van der Waals surface area (Å²) in [5.74, 6) is -1.22. The monoisotopic (exact) mass is 275 g/mol. The van der Waals surface area contributed by atoms with E-state index in [9.17, 15) is 14.4 Å². The number of carbonyl (C=O) groups excluding carboxylic acids is 3. The Hall–Kier alpha value is -2.37. The van der Waals surface area contributed by atoms with Crippen molar-refractivity contribution in [1.29, 1.82) is 0 Å². The van der Waals surface area contributed by atoms with Crippen molar-refractivity contribution in [1.82, 2.24) is 10.2 Å². The molecule has 1 aromatic carbocycles. The molecule has 1 saturated heterocycles. The summed E-state index contributed by atoms with van der Waals surface area (Å²) in [6, 6.07) is 4.31. The minimum atomic E-state index is -0.613. The Labute approximate surface area is 116 Å². The molecule has 1 unspecified atom stereocenters. The van der Waals surface area contributed by atoms with Crippen LogP contribution in [0.25, 0.3) is 0 Å². The molecule has 0 bridgehead atoms. The van der Waals surface area contributed by atoms with Gasteiger partial charge in [-0.25, -0.2) is 0 Å². The van der Waals surface area contributed by atoms with E-state index in [4.69, 9.17) is 5.73 Å². The molecule has 0 spiro atoms. The molecule has 106 valence electrons. The lowest BCUT2D eigenvalue weighted by Crippen LogP contribution is -2.59. The third-order valence-electron chi connectivity index (χ3n) is 3.42. The van der Waals surface area contributed by atoms with E-state index in [2.05, 4.69) is 5.32 Å². The summed E-state index contributed by atoms with van der Waals surface area (Å²) >= 11 is 0. The van der Waals surface area contributed by atoms with E-state index in [0.717, 1.165) is 5.56 Å². The number of aryl methyl sites for hydroxylation is 1. The third kappa shape index (κ3) is 2.49. The minimum Gasteiger partial charge on any atom is -0.399 e. The molecule has 6 heteroatoms. The van der Waals surface area contributed by atoms with Crippen LogP contribution in [0.2, 0.25) is 0 Å². The molecule has 0 aromatic heterocycles. The van der Waals surface area contributed by atoms with Gasteiger partial charge in [-0.1, -0.05) is 6.92 Å². The van der Waals surface area contributed by atoms with Crippen LogP contribution >= 0.6 is 0 Å². The second-order valence-electron chi connectivity index (χ2n) is 4.84. The largest absolute Gasteiger partial charge is 0.399 e. The van der Waals surface area contributed by atoms with Gasteiger partial charge in [-0.05, 0) is 37.1 Å². The molecule has 0 aliphatic carbocycles.